The maximum absolute atomic E-state index is 2.49. The predicted molar refractivity (Wildman–Crippen MR) is 285 cm³/mol. The van der Waals surface area contributed by atoms with Crippen molar-refractivity contribution < 1.29 is 0 Å². The maximum Gasteiger partial charge on any atom is 0.0715 e. The van der Waals surface area contributed by atoms with Gasteiger partial charge in [0.15, 0.2) is 0 Å². The normalized spacial score (nSPS) is 14.2. The highest BCUT2D eigenvalue weighted by Crippen LogP contribution is 2.59. The first kappa shape index (κ1) is 38.4. The smallest absolute Gasteiger partial charge is 0.0715 e. The summed E-state index contributed by atoms with van der Waals surface area (Å²) in [5.74, 6) is 0. The molecule has 0 aliphatic heterocycles. The highest BCUT2D eigenvalue weighted by atomic mass is 15.1. The van der Waals surface area contributed by atoms with E-state index in [0.717, 1.165) is 28.4 Å². The minimum Gasteiger partial charge on any atom is -0.310 e. The van der Waals surface area contributed by atoms with Gasteiger partial charge in [-0.1, -0.05) is 176 Å². The van der Waals surface area contributed by atoms with Crippen LogP contribution in [0.25, 0.3) is 76.9 Å². The van der Waals surface area contributed by atoms with Gasteiger partial charge >= 0.3 is 0 Å². The molecule has 11 aromatic carbocycles. The highest BCUT2D eigenvalue weighted by molar-refractivity contribution is 6.12. The summed E-state index contributed by atoms with van der Waals surface area (Å²) in [6.45, 7) is 0. The average molecular weight is 866 g/mol. The van der Waals surface area contributed by atoms with Gasteiger partial charge in [-0.2, -0.15) is 0 Å². The van der Waals surface area contributed by atoms with Crippen LogP contribution in [0.1, 0.15) is 22.3 Å². The quantitative estimate of drug-likeness (QED) is 0.156. The minimum absolute atomic E-state index is 0.670. The van der Waals surface area contributed by atoms with Crippen LogP contribution in [0.2, 0.25) is 0 Å². The Balaban J connectivity index is 1.04. The predicted octanol–water partition coefficient (Wildman–Crippen LogP) is 16.9. The van der Waals surface area contributed by atoms with E-state index < -0.39 is 5.41 Å². The second-order valence-corrected chi connectivity index (χ2v) is 18.0. The van der Waals surface area contributed by atoms with Crippen molar-refractivity contribution in [3.8, 4) is 22.5 Å². The molecule has 1 aliphatic carbocycles. The lowest BCUT2D eigenvalue weighted by Gasteiger charge is -2.35. The summed E-state index contributed by atoms with van der Waals surface area (Å²) in [6.07, 6.45) is 0. The molecule has 68 heavy (non-hydrogen) atoms. The second kappa shape index (κ2) is 15.1. The third-order valence-electron chi connectivity index (χ3n) is 14.5. The maximum atomic E-state index is 2.49. The van der Waals surface area contributed by atoms with E-state index in [0.29, 0.717) is 0 Å². The Morgan fingerprint density at radius 2 is 0.824 bits per heavy atom. The van der Waals surface area contributed by atoms with Crippen molar-refractivity contribution in [1.82, 2.24) is 9.13 Å². The van der Waals surface area contributed by atoms with Crippen LogP contribution < -0.4 is 4.90 Å². The lowest BCUT2D eigenvalue weighted by Crippen LogP contribution is -2.29. The molecule has 0 radical (unpaired) electrons. The lowest BCUT2D eigenvalue weighted by atomic mass is 9.67. The van der Waals surface area contributed by atoms with E-state index in [4.69, 9.17) is 0 Å². The van der Waals surface area contributed by atoms with Crippen molar-refractivity contribution in [1.29, 1.82) is 0 Å². The summed E-state index contributed by atoms with van der Waals surface area (Å²) < 4.78 is 4.85. The van der Waals surface area contributed by atoms with E-state index in [1.807, 2.05) is 0 Å². The molecule has 1 unspecified atom stereocenters. The van der Waals surface area contributed by atoms with Gasteiger partial charge in [-0.15, -0.1) is 0 Å². The highest BCUT2D eigenvalue weighted by Gasteiger charge is 2.47. The van der Waals surface area contributed by atoms with Gasteiger partial charge < -0.3 is 14.0 Å². The van der Waals surface area contributed by atoms with Gasteiger partial charge in [-0.05, 0) is 129 Å². The SMILES string of the molecule is c1ccc(N(c2cccc(C3(c4ccccc4)c4cc(-n5c6ccccc6c6ccccc65)ccc4-c4c3ccc3ccccc43)c2)c2ccc3c(c2)c2ccccc2n3-c2ccccc2)cc1. The summed E-state index contributed by atoms with van der Waals surface area (Å²) >= 11 is 0. The van der Waals surface area contributed by atoms with E-state index in [1.165, 1.54) is 87.8 Å². The van der Waals surface area contributed by atoms with Crippen LogP contribution >= 0.6 is 0 Å². The molecule has 2 heterocycles. The first-order chi connectivity index (χ1) is 33.8. The molecule has 0 N–H and O–H groups in total. The topological polar surface area (TPSA) is 13.1 Å². The van der Waals surface area contributed by atoms with E-state index in [9.17, 15) is 0 Å². The Bertz CT molecular complexity index is 4040. The molecule has 14 rings (SSSR count). The molecule has 0 fully saturated rings. The van der Waals surface area contributed by atoms with Gasteiger partial charge in [-0.25, -0.2) is 0 Å². The van der Waals surface area contributed by atoms with Crippen LogP contribution in [0.5, 0.6) is 0 Å². The van der Waals surface area contributed by atoms with Crippen LogP contribution in [-0.4, -0.2) is 9.13 Å². The van der Waals surface area contributed by atoms with Gasteiger partial charge in [0.05, 0.1) is 27.5 Å². The standard InChI is InChI=1S/C65H43N3/c1-4-20-45(21-5-1)65(58-39-35-44-19-10-11-28-52(44)64(58)56-38-36-51(43-59(56)65)68-60-32-15-12-29-53(60)54-30-13-16-33-61(54)68)46-22-18-27-49(41-46)66(47-23-6-2-7-24-47)50-37-40-63-57(42-50)55-31-14-17-34-62(55)67(63)48-25-8-3-9-26-48/h1-43H. The van der Waals surface area contributed by atoms with Crippen molar-refractivity contribution in [3.63, 3.8) is 0 Å². The molecule has 0 bridgehead atoms. The average Bonchev–Trinajstić information content (AvgIpc) is 4.04. The van der Waals surface area contributed by atoms with Gasteiger partial charge in [0.2, 0.25) is 0 Å². The molecule has 0 saturated heterocycles. The number of anilines is 3. The molecular formula is C65H43N3. The fraction of sp³-hybridized carbons (Fsp3) is 0.0154. The largest absolute Gasteiger partial charge is 0.310 e. The summed E-state index contributed by atoms with van der Waals surface area (Å²) in [5, 5.41) is 7.44. The Labute approximate surface area is 394 Å². The fourth-order valence-corrected chi connectivity index (χ4v) is 11.8. The molecule has 1 atom stereocenters. The summed E-state index contributed by atoms with van der Waals surface area (Å²) in [4.78, 5) is 2.43. The van der Waals surface area contributed by atoms with Crippen molar-refractivity contribution >= 4 is 71.4 Å². The van der Waals surface area contributed by atoms with Crippen molar-refractivity contribution in [2.45, 2.75) is 5.41 Å². The summed E-state index contributed by atoms with van der Waals surface area (Å²) in [7, 11) is 0. The zero-order chi connectivity index (χ0) is 44.8. The van der Waals surface area contributed by atoms with Crippen molar-refractivity contribution in [3.05, 3.63) is 283 Å². The first-order valence-corrected chi connectivity index (χ1v) is 23.5. The second-order valence-electron chi connectivity index (χ2n) is 18.0. The number of hydrogen-bond acceptors (Lipinski definition) is 1. The third-order valence-corrected chi connectivity index (χ3v) is 14.5. The van der Waals surface area contributed by atoms with E-state index >= 15 is 0 Å². The zero-order valence-corrected chi connectivity index (χ0v) is 37.2. The van der Waals surface area contributed by atoms with Gasteiger partial charge in [0.1, 0.15) is 0 Å². The molecule has 1 aliphatic rings. The summed E-state index contributed by atoms with van der Waals surface area (Å²) in [5.41, 5.74) is 17.2. The Kier molecular flexibility index (Phi) is 8.50. The number of aromatic nitrogens is 2. The van der Waals surface area contributed by atoms with Gasteiger partial charge in [0.25, 0.3) is 0 Å². The summed E-state index contributed by atoms with van der Waals surface area (Å²) in [6, 6.07) is 96.3. The fourth-order valence-electron chi connectivity index (χ4n) is 11.8. The molecule has 3 heteroatoms. The monoisotopic (exact) mass is 865 g/mol. The molecular weight excluding hydrogens is 823 g/mol. The van der Waals surface area contributed by atoms with Crippen LogP contribution in [0.4, 0.5) is 17.1 Å². The molecule has 0 saturated carbocycles. The first-order valence-electron chi connectivity index (χ1n) is 23.5. The molecule has 318 valence electrons. The van der Waals surface area contributed by atoms with Gasteiger partial charge in [0, 0.05) is 50.0 Å². The number of para-hydroxylation sites is 5. The van der Waals surface area contributed by atoms with Gasteiger partial charge in [-0.3, -0.25) is 0 Å². The van der Waals surface area contributed by atoms with Crippen LogP contribution in [0.3, 0.4) is 0 Å². The van der Waals surface area contributed by atoms with Crippen LogP contribution in [0, 0.1) is 0 Å². The molecule has 0 amide bonds. The molecule has 13 aromatic rings. The Morgan fingerprint density at radius 1 is 0.294 bits per heavy atom. The van der Waals surface area contributed by atoms with E-state index in [-0.39, 0.29) is 0 Å². The van der Waals surface area contributed by atoms with Crippen molar-refractivity contribution in [2.75, 3.05) is 4.90 Å². The number of hydrogen-bond donors (Lipinski definition) is 0. The number of benzene rings is 11. The zero-order valence-electron chi connectivity index (χ0n) is 37.2. The number of nitrogens with zero attached hydrogens (tertiary/aromatic N) is 3. The van der Waals surface area contributed by atoms with E-state index in [1.54, 1.807) is 0 Å². The molecule has 2 aromatic heterocycles. The lowest BCUT2D eigenvalue weighted by molar-refractivity contribution is 0.768. The van der Waals surface area contributed by atoms with E-state index in [2.05, 4.69) is 275 Å². The van der Waals surface area contributed by atoms with Crippen LogP contribution in [-0.2, 0) is 5.41 Å². The Hall–Kier alpha value is -8.92. The minimum atomic E-state index is -0.670. The Morgan fingerprint density at radius 3 is 1.53 bits per heavy atom. The number of rotatable bonds is 7. The number of fused-ring (bicyclic) bond motifs is 11. The van der Waals surface area contributed by atoms with Crippen LogP contribution in [0.15, 0.2) is 261 Å². The molecule has 3 nitrogen and oxygen atoms in total. The molecule has 0 spiro atoms. The third kappa shape index (κ3) is 5.54. The van der Waals surface area contributed by atoms with Crippen molar-refractivity contribution in [2.24, 2.45) is 0 Å².